The number of nitrogens with one attached hydrogen (secondary N) is 1. The molecule has 0 aliphatic carbocycles. The van der Waals surface area contributed by atoms with E-state index in [1.54, 1.807) is 30.5 Å². The van der Waals surface area contributed by atoms with Crippen LogP contribution in [0.15, 0.2) is 42.6 Å². The quantitative estimate of drug-likeness (QED) is 0.893. The number of alkyl halides is 3. The van der Waals surface area contributed by atoms with Gasteiger partial charge in [-0.05, 0) is 49.2 Å². The number of hydrogen-bond donors (Lipinski definition) is 1. The Balaban J connectivity index is 1.56. The molecule has 5 nitrogen and oxygen atoms in total. The highest BCUT2D eigenvalue weighted by molar-refractivity contribution is 5.53. The van der Waals surface area contributed by atoms with Gasteiger partial charge in [-0.1, -0.05) is 0 Å². The first-order valence-corrected chi connectivity index (χ1v) is 8.17. The van der Waals surface area contributed by atoms with Crippen LogP contribution in [-0.2, 0) is 0 Å². The van der Waals surface area contributed by atoms with Crippen molar-refractivity contribution in [2.24, 2.45) is 0 Å². The zero-order chi connectivity index (χ0) is 18.6. The third kappa shape index (κ3) is 4.57. The highest BCUT2D eigenvalue weighted by Gasteiger charge is 2.31. The van der Waals surface area contributed by atoms with E-state index >= 15 is 0 Å². The summed E-state index contributed by atoms with van der Waals surface area (Å²) in [6, 6.07) is 11.6. The number of rotatable bonds is 4. The van der Waals surface area contributed by atoms with Crippen molar-refractivity contribution in [1.82, 2.24) is 4.98 Å². The van der Waals surface area contributed by atoms with Crippen molar-refractivity contribution in [2.45, 2.75) is 25.2 Å². The maximum atomic E-state index is 12.2. The molecule has 1 aromatic carbocycles. The van der Waals surface area contributed by atoms with Gasteiger partial charge in [-0.2, -0.15) is 5.26 Å². The summed E-state index contributed by atoms with van der Waals surface area (Å²) < 4.78 is 40.5. The molecule has 1 aliphatic rings. The highest BCUT2D eigenvalue weighted by Crippen LogP contribution is 2.27. The Hall–Kier alpha value is -2.95. The van der Waals surface area contributed by atoms with E-state index in [-0.39, 0.29) is 11.8 Å². The smallest absolute Gasteiger partial charge is 0.406 e. The number of aromatic nitrogens is 1. The Morgan fingerprint density at radius 3 is 2.46 bits per heavy atom. The fraction of sp³-hybridized carbons (Fsp3) is 0.333. The number of benzene rings is 1. The van der Waals surface area contributed by atoms with E-state index in [0.717, 1.165) is 31.6 Å². The number of nitriles is 1. The molecule has 2 aromatic rings. The summed E-state index contributed by atoms with van der Waals surface area (Å²) in [5.74, 6) is 0.360. The lowest BCUT2D eigenvalue weighted by atomic mass is 10.0. The molecule has 136 valence electrons. The maximum absolute atomic E-state index is 12.2. The van der Waals surface area contributed by atoms with E-state index in [9.17, 15) is 13.2 Å². The van der Waals surface area contributed by atoms with Gasteiger partial charge in [0.05, 0.1) is 5.56 Å². The van der Waals surface area contributed by atoms with Gasteiger partial charge in [0.1, 0.15) is 17.6 Å². The second-order valence-corrected chi connectivity index (χ2v) is 5.96. The van der Waals surface area contributed by atoms with E-state index in [4.69, 9.17) is 5.26 Å². The monoisotopic (exact) mass is 362 g/mol. The number of anilines is 2. The zero-order valence-corrected chi connectivity index (χ0v) is 13.8. The number of ether oxygens (including phenoxy) is 1. The minimum absolute atomic E-state index is 0.195. The minimum atomic E-state index is -4.68. The lowest BCUT2D eigenvalue weighted by molar-refractivity contribution is -0.274. The van der Waals surface area contributed by atoms with Crippen molar-refractivity contribution >= 4 is 11.5 Å². The van der Waals surface area contributed by atoms with Gasteiger partial charge in [0.15, 0.2) is 0 Å². The summed E-state index contributed by atoms with van der Waals surface area (Å²) >= 11 is 0. The normalized spacial score (nSPS) is 15.4. The molecule has 1 aromatic heterocycles. The molecule has 1 saturated heterocycles. The summed E-state index contributed by atoms with van der Waals surface area (Å²) in [4.78, 5) is 6.32. The third-order valence-electron chi connectivity index (χ3n) is 4.20. The number of halogens is 3. The molecule has 0 saturated carbocycles. The first kappa shape index (κ1) is 17.9. The summed E-state index contributed by atoms with van der Waals surface area (Å²) in [5.41, 5.74) is 1.36. The van der Waals surface area contributed by atoms with Gasteiger partial charge in [-0.25, -0.2) is 4.98 Å². The second kappa shape index (κ2) is 7.52. The molecule has 1 aliphatic heterocycles. The second-order valence-electron chi connectivity index (χ2n) is 5.96. The van der Waals surface area contributed by atoms with Crippen LogP contribution in [0.4, 0.5) is 24.7 Å². The van der Waals surface area contributed by atoms with Crippen molar-refractivity contribution < 1.29 is 17.9 Å². The molecule has 0 radical (unpaired) electrons. The molecule has 0 bridgehead atoms. The van der Waals surface area contributed by atoms with Crippen LogP contribution in [0.25, 0.3) is 0 Å². The van der Waals surface area contributed by atoms with Crippen LogP contribution in [0.2, 0.25) is 0 Å². The van der Waals surface area contributed by atoms with Gasteiger partial charge in [-0.3, -0.25) is 0 Å². The van der Waals surface area contributed by atoms with Crippen LogP contribution in [0.3, 0.4) is 0 Å². The lowest BCUT2D eigenvalue weighted by Gasteiger charge is -2.34. The molecule has 0 spiro atoms. The van der Waals surface area contributed by atoms with Gasteiger partial charge in [0.2, 0.25) is 0 Å². The van der Waals surface area contributed by atoms with Crippen LogP contribution >= 0.6 is 0 Å². The van der Waals surface area contributed by atoms with Gasteiger partial charge in [-0.15, -0.1) is 13.2 Å². The molecule has 0 atom stereocenters. The van der Waals surface area contributed by atoms with Crippen molar-refractivity contribution in [3.63, 3.8) is 0 Å². The molecule has 3 rings (SSSR count). The Morgan fingerprint density at radius 2 is 1.85 bits per heavy atom. The minimum Gasteiger partial charge on any atom is -0.406 e. The number of pyridine rings is 1. The van der Waals surface area contributed by atoms with E-state index in [2.05, 4.69) is 26.0 Å². The Morgan fingerprint density at radius 1 is 1.15 bits per heavy atom. The number of piperidine rings is 1. The Labute approximate surface area is 149 Å². The average molecular weight is 362 g/mol. The summed E-state index contributed by atoms with van der Waals surface area (Å²) in [6.07, 6.45) is -1.37. The first-order chi connectivity index (χ1) is 12.4. The summed E-state index contributed by atoms with van der Waals surface area (Å²) in [5, 5.41) is 12.4. The first-order valence-electron chi connectivity index (χ1n) is 8.17. The van der Waals surface area contributed by atoms with Crippen molar-refractivity contribution in [2.75, 3.05) is 23.3 Å². The standard InChI is InChI=1S/C18H17F3N4O/c19-18(20,21)26-16-5-3-15(4-6-16)25-10-7-14(8-11-25)24-17-13(12-22)2-1-9-23-17/h1-6,9,14H,7-8,10-11H2,(H,23,24). The molecule has 1 fully saturated rings. The van der Waals surface area contributed by atoms with Crippen molar-refractivity contribution in [1.29, 1.82) is 5.26 Å². The van der Waals surface area contributed by atoms with Crippen LogP contribution in [-0.4, -0.2) is 30.5 Å². The summed E-state index contributed by atoms with van der Waals surface area (Å²) in [6.45, 7) is 1.51. The van der Waals surface area contributed by atoms with Crippen molar-refractivity contribution in [3.05, 3.63) is 48.2 Å². The Bertz CT molecular complexity index is 778. The fourth-order valence-corrected chi connectivity index (χ4v) is 2.94. The summed E-state index contributed by atoms with van der Waals surface area (Å²) in [7, 11) is 0. The highest BCUT2D eigenvalue weighted by atomic mass is 19.4. The number of hydrogen-bond acceptors (Lipinski definition) is 5. The van der Waals surface area contributed by atoms with Crippen LogP contribution in [0.1, 0.15) is 18.4 Å². The molecule has 0 amide bonds. The molecule has 0 unspecified atom stereocenters. The van der Waals surface area contributed by atoms with Gasteiger partial charge >= 0.3 is 6.36 Å². The molecule has 8 heteroatoms. The van der Waals surface area contributed by atoms with E-state index in [1.165, 1.54) is 12.1 Å². The van der Waals surface area contributed by atoms with Gasteiger partial charge in [0, 0.05) is 31.0 Å². The van der Waals surface area contributed by atoms with E-state index in [1.807, 2.05) is 0 Å². The molecule has 2 heterocycles. The lowest BCUT2D eigenvalue weighted by Crippen LogP contribution is -2.39. The SMILES string of the molecule is N#Cc1cccnc1NC1CCN(c2ccc(OC(F)(F)F)cc2)CC1. The molecular weight excluding hydrogens is 345 g/mol. The molecular formula is C18H17F3N4O. The topological polar surface area (TPSA) is 61.2 Å². The van der Waals surface area contributed by atoms with Crippen LogP contribution in [0, 0.1) is 11.3 Å². The predicted octanol–water partition coefficient (Wildman–Crippen LogP) is 3.93. The average Bonchev–Trinajstić information content (AvgIpc) is 2.62. The van der Waals surface area contributed by atoms with Gasteiger partial charge < -0.3 is 15.0 Å². The van der Waals surface area contributed by atoms with E-state index in [0.29, 0.717) is 11.4 Å². The number of nitrogens with zero attached hydrogens (tertiary/aromatic N) is 3. The zero-order valence-electron chi connectivity index (χ0n) is 13.8. The fourth-order valence-electron chi connectivity index (χ4n) is 2.94. The van der Waals surface area contributed by atoms with Crippen LogP contribution < -0.4 is 15.0 Å². The largest absolute Gasteiger partial charge is 0.573 e. The predicted molar refractivity (Wildman–Crippen MR) is 90.9 cm³/mol. The Kier molecular flexibility index (Phi) is 5.16. The van der Waals surface area contributed by atoms with Crippen LogP contribution in [0.5, 0.6) is 5.75 Å². The molecule has 1 N–H and O–H groups in total. The van der Waals surface area contributed by atoms with Gasteiger partial charge in [0.25, 0.3) is 0 Å². The maximum Gasteiger partial charge on any atom is 0.573 e. The molecule has 26 heavy (non-hydrogen) atoms. The van der Waals surface area contributed by atoms with E-state index < -0.39 is 6.36 Å². The third-order valence-corrected chi connectivity index (χ3v) is 4.20. The van der Waals surface area contributed by atoms with Crippen molar-refractivity contribution in [3.8, 4) is 11.8 Å².